The number of carbonyl (C=O) groups is 1. The van der Waals surface area contributed by atoms with Gasteiger partial charge in [-0.2, -0.15) is 0 Å². The second-order valence-electron chi connectivity index (χ2n) is 5.54. The number of hydrogen-bond acceptors (Lipinski definition) is 3. The summed E-state index contributed by atoms with van der Waals surface area (Å²) in [5, 5.41) is 13.3. The number of aliphatic carboxylic acids is 1. The van der Waals surface area contributed by atoms with E-state index in [4.69, 9.17) is 16.3 Å². The smallest absolute Gasteiger partial charge is 0.306 e. The molecule has 21 heavy (non-hydrogen) atoms. The summed E-state index contributed by atoms with van der Waals surface area (Å²) < 4.78 is 5.31. The number of carboxylic acid groups (broad SMARTS) is 1. The molecule has 2 N–H and O–H groups in total. The molecule has 1 aliphatic rings. The Morgan fingerprint density at radius 3 is 2.90 bits per heavy atom. The molecule has 0 radical (unpaired) electrons. The molecule has 1 saturated carbocycles. The van der Waals surface area contributed by atoms with Crippen molar-refractivity contribution in [3.05, 3.63) is 28.8 Å². The van der Waals surface area contributed by atoms with Crippen LogP contribution < -0.4 is 10.1 Å². The molecule has 1 fully saturated rings. The molecule has 0 heterocycles. The number of ether oxygens (including phenoxy) is 1. The standard InChI is InChI=1S/C16H22ClNO3/c1-21-15-8-4-7-14(17)13(15)10-18-9-11-5-2-3-6-12(11)16(19)20/h4,7-8,11-12,18H,2-3,5-6,9-10H2,1H3,(H,19,20). The van der Waals surface area contributed by atoms with Crippen molar-refractivity contribution in [3.8, 4) is 5.75 Å². The predicted octanol–water partition coefficient (Wildman–Crippen LogP) is 3.33. The average Bonchev–Trinajstić information content (AvgIpc) is 2.49. The Morgan fingerprint density at radius 2 is 2.19 bits per heavy atom. The fraction of sp³-hybridized carbons (Fsp3) is 0.562. The molecule has 5 heteroatoms. The molecule has 1 aliphatic carbocycles. The van der Waals surface area contributed by atoms with Crippen molar-refractivity contribution in [1.29, 1.82) is 0 Å². The largest absolute Gasteiger partial charge is 0.496 e. The summed E-state index contributed by atoms with van der Waals surface area (Å²) in [5.41, 5.74) is 0.921. The summed E-state index contributed by atoms with van der Waals surface area (Å²) in [5.74, 6) is 0.0642. The molecule has 0 bridgehead atoms. The van der Waals surface area contributed by atoms with Gasteiger partial charge in [0.1, 0.15) is 5.75 Å². The van der Waals surface area contributed by atoms with E-state index < -0.39 is 5.97 Å². The molecule has 4 nitrogen and oxygen atoms in total. The van der Waals surface area contributed by atoms with Crippen LogP contribution >= 0.6 is 11.6 Å². The zero-order valence-corrected chi connectivity index (χ0v) is 13.0. The zero-order valence-electron chi connectivity index (χ0n) is 12.3. The van der Waals surface area contributed by atoms with Gasteiger partial charge in [0.15, 0.2) is 0 Å². The number of benzene rings is 1. The SMILES string of the molecule is COc1cccc(Cl)c1CNCC1CCCCC1C(=O)O. The van der Waals surface area contributed by atoms with E-state index in [0.717, 1.165) is 37.0 Å². The van der Waals surface area contributed by atoms with E-state index in [1.165, 1.54) is 0 Å². The number of nitrogens with one attached hydrogen (secondary N) is 1. The van der Waals surface area contributed by atoms with Crippen LogP contribution in [0.5, 0.6) is 5.75 Å². The number of hydrogen-bond donors (Lipinski definition) is 2. The first-order chi connectivity index (χ1) is 10.1. The molecule has 2 atom stereocenters. The highest BCUT2D eigenvalue weighted by atomic mass is 35.5. The van der Waals surface area contributed by atoms with Crippen molar-refractivity contribution in [1.82, 2.24) is 5.32 Å². The molecule has 0 aliphatic heterocycles. The summed E-state index contributed by atoms with van der Waals surface area (Å²) in [7, 11) is 1.62. The van der Waals surface area contributed by atoms with Crippen LogP contribution in [0.1, 0.15) is 31.2 Å². The fourth-order valence-electron chi connectivity index (χ4n) is 3.06. The van der Waals surface area contributed by atoms with Crippen LogP contribution in [0.25, 0.3) is 0 Å². The molecule has 0 spiro atoms. The van der Waals surface area contributed by atoms with Crippen molar-refractivity contribution in [3.63, 3.8) is 0 Å². The molecule has 2 unspecified atom stereocenters. The maximum absolute atomic E-state index is 11.3. The lowest BCUT2D eigenvalue weighted by Gasteiger charge is -2.28. The Balaban J connectivity index is 1.93. The van der Waals surface area contributed by atoms with Crippen molar-refractivity contribution >= 4 is 17.6 Å². The van der Waals surface area contributed by atoms with Crippen molar-refractivity contribution in [2.24, 2.45) is 11.8 Å². The van der Waals surface area contributed by atoms with Crippen LogP contribution in [0.3, 0.4) is 0 Å². The van der Waals surface area contributed by atoms with Gasteiger partial charge in [0.25, 0.3) is 0 Å². The van der Waals surface area contributed by atoms with Crippen LogP contribution in [0.4, 0.5) is 0 Å². The minimum absolute atomic E-state index is 0.199. The number of carboxylic acids is 1. The lowest BCUT2D eigenvalue weighted by Crippen LogP contribution is -2.34. The minimum Gasteiger partial charge on any atom is -0.496 e. The van der Waals surface area contributed by atoms with Crippen LogP contribution in [-0.2, 0) is 11.3 Å². The molecule has 0 aromatic heterocycles. The Bertz CT molecular complexity index is 492. The average molecular weight is 312 g/mol. The third-order valence-electron chi connectivity index (χ3n) is 4.23. The van der Waals surface area contributed by atoms with Gasteiger partial charge in [-0.3, -0.25) is 4.79 Å². The summed E-state index contributed by atoms with van der Waals surface area (Å²) >= 11 is 6.19. The first-order valence-electron chi connectivity index (χ1n) is 7.38. The molecule has 0 amide bonds. The summed E-state index contributed by atoms with van der Waals surface area (Å²) in [6.45, 7) is 1.29. The third-order valence-corrected chi connectivity index (χ3v) is 4.58. The van der Waals surface area contributed by atoms with E-state index >= 15 is 0 Å². The van der Waals surface area contributed by atoms with E-state index in [-0.39, 0.29) is 11.8 Å². The summed E-state index contributed by atoms with van der Waals surface area (Å²) in [6.07, 6.45) is 3.90. The predicted molar refractivity (Wildman–Crippen MR) is 82.8 cm³/mol. The summed E-state index contributed by atoms with van der Waals surface area (Å²) in [6, 6.07) is 5.57. The van der Waals surface area contributed by atoms with E-state index in [0.29, 0.717) is 18.1 Å². The molecule has 1 aromatic rings. The second-order valence-corrected chi connectivity index (χ2v) is 5.95. The lowest BCUT2D eigenvalue weighted by atomic mass is 9.79. The highest BCUT2D eigenvalue weighted by Gasteiger charge is 2.30. The van der Waals surface area contributed by atoms with E-state index in [9.17, 15) is 9.90 Å². The third kappa shape index (κ3) is 4.11. The topological polar surface area (TPSA) is 58.6 Å². The van der Waals surface area contributed by atoms with Crippen LogP contribution in [-0.4, -0.2) is 24.7 Å². The van der Waals surface area contributed by atoms with Crippen LogP contribution in [0.15, 0.2) is 18.2 Å². The zero-order chi connectivity index (χ0) is 15.2. The van der Waals surface area contributed by atoms with Gasteiger partial charge in [0, 0.05) is 17.1 Å². The fourth-order valence-corrected chi connectivity index (χ4v) is 3.29. The van der Waals surface area contributed by atoms with Crippen molar-refractivity contribution < 1.29 is 14.6 Å². The molecule has 116 valence electrons. The number of halogens is 1. The van der Waals surface area contributed by atoms with Crippen molar-refractivity contribution in [2.45, 2.75) is 32.2 Å². The van der Waals surface area contributed by atoms with Gasteiger partial charge in [-0.25, -0.2) is 0 Å². The van der Waals surface area contributed by atoms with Gasteiger partial charge < -0.3 is 15.2 Å². The van der Waals surface area contributed by atoms with E-state index in [1.54, 1.807) is 7.11 Å². The molecule has 0 saturated heterocycles. The maximum atomic E-state index is 11.3. The van der Waals surface area contributed by atoms with Gasteiger partial charge >= 0.3 is 5.97 Å². The van der Waals surface area contributed by atoms with Gasteiger partial charge in [0.2, 0.25) is 0 Å². The quantitative estimate of drug-likeness (QED) is 0.846. The van der Waals surface area contributed by atoms with E-state index in [2.05, 4.69) is 5.32 Å². The molecular weight excluding hydrogens is 290 g/mol. The minimum atomic E-state index is -0.670. The van der Waals surface area contributed by atoms with Crippen LogP contribution in [0.2, 0.25) is 5.02 Å². The number of rotatable bonds is 6. The van der Waals surface area contributed by atoms with Crippen molar-refractivity contribution in [2.75, 3.05) is 13.7 Å². The van der Waals surface area contributed by atoms with E-state index in [1.807, 2.05) is 18.2 Å². The highest BCUT2D eigenvalue weighted by Crippen LogP contribution is 2.30. The lowest BCUT2D eigenvalue weighted by molar-refractivity contribution is -0.144. The second kappa shape index (κ2) is 7.66. The number of methoxy groups -OCH3 is 1. The first kappa shape index (κ1) is 16.1. The van der Waals surface area contributed by atoms with Gasteiger partial charge in [0.05, 0.1) is 13.0 Å². The molecule has 1 aromatic carbocycles. The van der Waals surface area contributed by atoms with Crippen LogP contribution in [0, 0.1) is 11.8 Å². The maximum Gasteiger partial charge on any atom is 0.306 e. The molecule has 2 rings (SSSR count). The first-order valence-corrected chi connectivity index (χ1v) is 7.76. The highest BCUT2D eigenvalue weighted by molar-refractivity contribution is 6.31. The normalized spacial score (nSPS) is 22.0. The Labute approximate surface area is 130 Å². The summed E-state index contributed by atoms with van der Waals surface area (Å²) in [4.78, 5) is 11.3. The van der Waals surface area contributed by atoms with Gasteiger partial charge in [-0.1, -0.05) is 30.5 Å². The Morgan fingerprint density at radius 1 is 1.43 bits per heavy atom. The molecular formula is C16H22ClNO3. The van der Waals surface area contributed by atoms with Gasteiger partial charge in [-0.05, 0) is 37.4 Å². The Hall–Kier alpha value is -1.26. The Kier molecular flexibility index (Phi) is 5.88. The monoisotopic (exact) mass is 311 g/mol. The van der Waals surface area contributed by atoms with Gasteiger partial charge in [-0.15, -0.1) is 0 Å².